The minimum atomic E-state index is 0.222. The van der Waals surface area contributed by atoms with Crippen molar-refractivity contribution in [3.8, 4) is 11.5 Å². The molecule has 2 N–H and O–H groups in total. The zero-order valence-corrected chi connectivity index (χ0v) is 13.6. The molecular formula is C21H16N2O2. The van der Waals surface area contributed by atoms with Crippen molar-refractivity contribution in [1.29, 1.82) is 0 Å². The first kappa shape index (κ1) is 15.1. The molecule has 4 nitrogen and oxygen atoms in total. The third-order valence-corrected chi connectivity index (χ3v) is 4.24. The van der Waals surface area contributed by atoms with E-state index in [-0.39, 0.29) is 11.5 Å². The summed E-state index contributed by atoms with van der Waals surface area (Å²) in [6, 6.07) is 20.2. The van der Waals surface area contributed by atoms with E-state index in [0.29, 0.717) is 11.4 Å². The highest BCUT2D eigenvalue weighted by molar-refractivity contribution is 5.98. The zero-order valence-electron chi connectivity index (χ0n) is 13.6. The van der Waals surface area contributed by atoms with Crippen LogP contribution in [0.4, 0.5) is 11.4 Å². The van der Waals surface area contributed by atoms with Crippen LogP contribution in [0.25, 0.3) is 21.5 Å². The molecule has 4 aromatic carbocycles. The van der Waals surface area contributed by atoms with Gasteiger partial charge in [0.1, 0.15) is 11.5 Å². The SMILES string of the molecule is Cc1cc(O)c2cccc(N=Nc3cccc4c(O)cccc34)c2c1. The maximum Gasteiger partial charge on any atom is 0.123 e. The van der Waals surface area contributed by atoms with Crippen LogP contribution in [0.1, 0.15) is 5.56 Å². The molecule has 0 aliphatic heterocycles. The maximum absolute atomic E-state index is 10.1. The highest BCUT2D eigenvalue weighted by atomic mass is 16.3. The van der Waals surface area contributed by atoms with Gasteiger partial charge in [0, 0.05) is 21.5 Å². The van der Waals surface area contributed by atoms with E-state index >= 15 is 0 Å². The van der Waals surface area contributed by atoms with Crippen molar-refractivity contribution in [3.63, 3.8) is 0 Å². The molecule has 0 aliphatic rings. The van der Waals surface area contributed by atoms with Gasteiger partial charge in [0.15, 0.2) is 0 Å². The smallest absolute Gasteiger partial charge is 0.123 e. The fraction of sp³-hybridized carbons (Fsp3) is 0.0476. The van der Waals surface area contributed by atoms with Gasteiger partial charge in [-0.25, -0.2) is 0 Å². The van der Waals surface area contributed by atoms with Crippen LogP contribution in [0.3, 0.4) is 0 Å². The maximum atomic E-state index is 10.1. The van der Waals surface area contributed by atoms with Gasteiger partial charge in [0.25, 0.3) is 0 Å². The Morgan fingerprint density at radius 3 is 1.88 bits per heavy atom. The van der Waals surface area contributed by atoms with Crippen molar-refractivity contribution in [1.82, 2.24) is 0 Å². The summed E-state index contributed by atoms with van der Waals surface area (Å²) in [6.07, 6.45) is 0. The molecule has 4 heteroatoms. The van der Waals surface area contributed by atoms with Crippen LogP contribution in [-0.4, -0.2) is 10.2 Å². The number of phenols is 2. The molecule has 0 aromatic heterocycles. The highest BCUT2D eigenvalue weighted by Crippen LogP contribution is 2.36. The molecule has 0 fully saturated rings. The van der Waals surface area contributed by atoms with Gasteiger partial charge >= 0.3 is 0 Å². The van der Waals surface area contributed by atoms with Crippen molar-refractivity contribution >= 4 is 32.9 Å². The lowest BCUT2D eigenvalue weighted by Gasteiger charge is -2.06. The van der Waals surface area contributed by atoms with Gasteiger partial charge in [-0.1, -0.05) is 36.4 Å². The number of aromatic hydroxyl groups is 2. The number of hydrogen-bond donors (Lipinski definition) is 2. The Kier molecular flexibility index (Phi) is 3.58. The fourth-order valence-corrected chi connectivity index (χ4v) is 3.05. The van der Waals surface area contributed by atoms with Crippen LogP contribution < -0.4 is 0 Å². The predicted octanol–water partition coefficient (Wildman–Crippen LogP) is 6.13. The van der Waals surface area contributed by atoms with Crippen LogP contribution in [0.2, 0.25) is 0 Å². The lowest BCUT2D eigenvalue weighted by atomic mass is 10.1. The minimum Gasteiger partial charge on any atom is -0.507 e. The Morgan fingerprint density at radius 2 is 1.16 bits per heavy atom. The third kappa shape index (κ3) is 2.68. The largest absolute Gasteiger partial charge is 0.507 e. The molecule has 25 heavy (non-hydrogen) atoms. The number of rotatable bonds is 2. The van der Waals surface area contributed by atoms with Crippen molar-refractivity contribution in [2.75, 3.05) is 0 Å². The Hall–Kier alpha value is -3.40. The van der Waals surface area contributed by atoms with E-state index in [2.05, 4.69) is 10.2 Å². The number of azo groups is 1. The summed E-state index contributed by atoms with van der Waals surface area (Å²) >= 11 is 0. The lowest BCUT2D eigenvalue weighted by Crippen LogP contribution is -1.79. The Labute approximate surface area is 144 Å². The van der Waals surface area contributed by atoms with Crippen LogP contribution in [0, 0.1) is 6.92 Å². The lowest BCUT2D eigenvalue weighted by molar-refractivity contribution is 0.481. The molecule has 0 spiro atoms. The normalized spacial score (nSPS) is 11.6. The summed E-state index contributed by atoms with van der Waals surface area (Å²) in [5.74, 6) is 0.461. The van der Waals surface area contributed by atoms with Crippen LogP contribution >= 0.6 is 0 Å². The average Bonchev–Trinajstić information content (AvgIpc) is 2.60. The number of nitrogens with zero attached hydrogens (tertiary/aromatic N) is 2. The van der Waals surface area contributed by atoms with Crippen molar-refractivity contribution in [2.24, 2.45) is 10.2 Å². The van der Waals surface area contributed by atoms with Gasteiger partial charge in [-0.05, 0) is 42.8 Å². The van der Waals surface area contributed by atoms with Crippen LogP contribution in [-0.2, 0) is 0 Å². The van der Waals surface area contributed by atoms with E-state index in [1.807, 2.05) is 55.5 Å². The molecule has 0 atom stereocenters. The van der Waals surface area contributed by atoms with E-state index in [0.717, 1.165) is 27.1 Å². The number of hydrogen-bond acceptors (Lipinski definition) is 4. The van der Waals surface area contributed by atoms with Crippen molar-refractivity contribution < 1.29 is 10.2 Å². The van der Waals surface area contributed by atoms with Gasteiger partial charge in [-0.15, -0.1) is 10.2 Å². The summed E-state index contributed by atoms with van der Waals surface area (Å²) in [5, 5.41) is 32.1. The number of benzene rings is 4. The van der Waals surface area contributed by atoms with Gasteiger partial charge in [0.05, 0.1) is 11.4 Å². The minimum absolute atomic E-state index is 0.222. The van der Waals surface area contributed by atoms with E-state index in [9.17, 15) is 10.2 Å². The summed E-state index contributed by atoms with van der Waals surface area (Å²) in [4.78, 5) is 0. The second-order valence-electron chi connectivity index (χ2n) is 6.01. The van der Waals surface area contributed by atoms with Gasteiger partial charge < -0.3 is 10.2 Å². The summed E-state index contributed by atoms with van der Waals surface area (Å²) in [5.41, 5.74) is 2.33. The fourth-order valence-electron chi connectivity index (χ4n) is 3.05. The summed E-state index contributed by atoms with van der Waals surface area (Å²) < 4.78 is 0. The number of phenolic OH excluding ortho intramolecular Hbond substituents is 2. The first-order chi connectivity index (χ1) is 12.1. The third-order valence-electron chi connectivity index (χ3n) is 4.24. The molecule has 0 saturated heterocycles. The molecule has 0 bridgehead atoms. The van der Waals surface area contributed by atoms with Gasteiger partial charge in [-0.2, -0.15) is 0 Å². The number of aryl methyl sites for hydroxylation is 1. The predicted molar refractivity (Wildman–Crippen MR) is 100 cm³/mol. The molecule has 0 heterocycles. The Balaban J connectivity index is 1.86. The van der Waals surface area contributed by atoms with E-state index in [1.54, 1.807) is 18.2 Å². The highest BCUT2D eigenvalue weighted by Gasteiger charge is 2.06. The summed E-state index contributed by atoms with van der Waals surface area (Å²) in [7, 11) is 0. The molecule has 0 aliphatic carbocycles. The van der Waals surface area contributed by atoms with E-state index in [4.69, 9.17) is 0 Å². The van der Waals surface area contributed by atoms with Crippen LogP contribution in [0.5, 0.6) is 11.5 Å². The molecular weight excluding hydrogens is 312 g/mol. The van der Waals surface area contributed by atoms with E-state index < -0.39 is 0 Å². The standard InChI is InChI=1S/C21H16N2O2/c1-13-11-17-16(21(25)12-13)7-3-9-19(17)23-22-18-8-2-6-15-14(18)5-4-10-20(15)24/h2-12,24-25H,1H3. The molecule has 4 aromatic rings. The van der Waals surface area contributed by atoms with E-state index in [1.165, 1.54) is 0 Å². The van der Waals surface area contributed by atoms with Crippen LogP contribution in [0.15, 0.2) is 77.0 Å². The quantitative estimate of drug-likeness (QED) is 0.435. The monoisotopic (exact) mass is 328 g/mol. The molecule has 0 unspecified atom stereocenters. The molecule has 0 saturated carbocycles. The molecule has 0 radical (unpaired) electrons. The first-order valence-corrected chi connectivity index (χ1v) is 7.98. The Bertz CT molecular complexity index is 1130. The molecule has 4 rings (SSSR count). The second kappa shape index (κ2) is 5.91. The second-order valence-corrected chi connectivity index (χ2v) is 6.01. The molecule has 122 valence electrons. The zero-order chi connectivity index (χ0) is 17.4. The van der Waals surface area contributed by atoms with Crippen molar-refractivity contribution in [2.45, 2.75) is 6.92 Å². The number of fused-ring (bicyclic) bond motifs is 2. The van der Waals surface area contributed by atoms with Gasteiger partial charge in [0.2, 0.25) is 0 Å². The van der Waals surface area contributed by atoms with Gasteiger partial charge in [-0.3, -0.25) is 0 Å². The Morgan fingerprint density at radius 1 is 0.600 bits per heavy atom. The topological polar surface area (TPSA) is 65.2 Å². The summed E-state index contributed by atoms with van der Waals surface area (Å²) in [6.45, 7) is 1.93. The first-order valence-electron chi connectivity index (χ1n) is 7.98. The molecule has 0 amide bonds. The average molecular weight is 328 g/mol. The van der Waals surface area contributed by atoms with Crippen molar-refractivity contribution in [3.05, 3.63) is 72.3 Å².